The summed E-state index contributed by atoms with van der Waals surface area (Å²) >= 11 is 0. The fourth-order valence-electron chi connectivity index (χ4n) is 6.89. The number of anilines is 1. The summed E-state index contributed by atoms with van der Waals surface area (Å²) in [7, 11) is 0. The summed E-state index contributed by atoms with van der Waals surface area (Å²) in [6.45, 7) is 16.8. The zero-order valence-electron chi connectivity index (χ0n) is 29.0. The molecular weight excluding hydrogens is 636 g/mol. The number of hydrogen-bond donors (Lipinski definition) is 0. The summed E-state index contributed by atoms with van der Waals surface area (Å²) in [5.41, 5.74) is 16.5. The number of benzene rings is 4. The van der Waals surface area contributed by atoms with Crippen molar-refractivity contribution in [1.29, 1.82) is 0 Å². The molecule has 252 valence electrons. The second-order valence-electron chi connectivity index (χ2n) is 13.4. The first-order valence-corrected chi connectivity index (χ1v) is 16.6. The van der Waals surface area contributed by atoms with Crippen molar-refractivity contribution in [2.75, 3.05) is 18.0 Å². The van der Waals surface area contributed by atoms with Gasteiger partial charge in [0.15, 0.2) is 0 Å². The van der Waals surface area contributed by atoms with Gasteiger partial charge >= 0.3 is 0 Å². The Morgan fingerprint density at radius 1 is 0.646 bits per heavy atom. The maximum absolute atomic E-state index is 14.0. The molecule has 6 heteroatoms. The van der Waals surface area contributed by atoms with Crippen molar-refractivity contribution in [2.45, 2.75) is 73.5 Å². The third-order valence-electron chi connectivity index (χ3n) is 10.2. The first-order valence-electron chi connectivity index (χ1n) is 16.6. The lowest BCUT2D eigenvalue weighted by atomic mass is 9.95. The minimum Gasteiger partial charge on any atom is -0.364 e. The van der Waals surface area contributed by atoms with Crippen LogP contribution in [0.15, 0.2) is 91.3 Å². The number of pyridine rings is 1. The minimum absolute atomic E-state index is 0. The number of hydrogen-bond acceptors (Lipinski definition) is 3. The van der Waals surface area contributed by atoms with E-state index in [1.165, 1.54) is 66.8 Å². The summed E-state index contributed by atoms with van der Waals surface area (Å²) < 4.78 is 14.0. The third-order valence-corrected chi connectivity index (χ3v) is 10.2. The van der Waals surface area contributed by atoms with Gasteiger partial charge in [0.25, 0.3) is 0 Å². The molecule has 5 aromatic rings. The van der Waals surface area contributed by atoms with Gasteiger partial charge in [-0.25, -0.2) is 4.39 Å². The lowest BCUT2D eigenvalue weighted by Crippen LogP contribution is -2.44. The number of likely N-dealkylation sites (tertiary alicyclic amines) is 1. The van der Waals surface area contributed by atoms with Crippen molar-refractivity contribution >= 4 is 30.5 Å². The van der Waals surface area contributed by atoms with Crippen molar-refractivity contribution in [2.24, 2.45) is 0 Å². The van der Waals surface area contributed by atoms with Crippen LogP contribution in [0.2, 0.25) is 0 Å². The summed E-state index contributed by atoms with van der Waals surface area (Å²) in [6.07, 6.45) is 6.10. The Labute approximate surface area is 299 Å². The number of halogens is 3. The average Bonchev–Trinajstić information content (AvgIpc) is 3.06. The molecule has 48 heavy (non-hydrogen) atoms. The van der Waals surface area contributed by atoms with Crippen LogP contribution < -0.4 is 4.90 Å². The van der Waals surface area contributed by atoms with E-state index in [-0.39, 0.29) is 30.6 Å². The van der Waals surface area contributed by atoms with E-state index in [2.05, 4.69) is 111 Å². The number of aryl methyl sites for hydroxylation is 4. The summed E-state index contributed by atoms with van der Waals surface area (Å²) in [5, 5.41) is 0. The van der Waals surface area contributed by atoms with Crippen molar-refractivity contribution in [3.8, 4) is 22.3 Å². The number of rotatable bonds is 8. The van der Waals surface area contributed by atoms with E-state index in [1.807, 2.05) is 24.5 Å². The molecule has 1 aromatic heterocycles. The van der Waals surface area contributed by atoms with E-state index in [1.54, 1.807) is 12.1 Å². The molecule has 2 heterocycles. The summed E-state index contributed by atoms with van der Waals surface area (Å²) in [4.78, 5) is 9.66. The molecule has 0 amide bonds. The Morgan fingerprint density at radius 3 is 1.77 bits per heavy atom. The standard InChI is InChI=1S/C42H46FN3.2ClH/c1-28-18-37(19-29(2)32(28)5)36-9-7-8-34(22-36)27-46(41-12-10-40(43)11-13-41)42-14-16-45(17-15-42)26-35-23-39(25-44-24-35)38-20-30(3)33(6)31(4)21-38;;/h7-13,18-25,42H,14-17,26-27H2,1-6H3;2*1H. The van der Waals surface area contributed by atoms with Gasteiger partial charge in [-0.1, -0.05) is 42.5 Å². The highest BCUT2D eigenvalue weighted by Crippen LogP contribution is 2.31. The van der Waals surface area contributed by atoms with E-state index in [9.17, 15) is 4.39 Å². The van der Waals surface area contributed by atoms with E-state index < -0.39 is 0 Å². The highest BCUT2D eigenvalue weighted by molar-refractivity contribution is 5.85. The average molecular weight is 685 g/mol. The largest absolute Gasteiger partial charge is 0.364 e. The molecule has 0 bridgehead atoms. The number of aromatic nitrogens is 1. The molecule has 0 atom stereocenters. The first kappa shape index (κ1) is 37.1. The maximum Gasteiger partial charge on any atom is 0.123 e. The monoisotopic (exact) mass is 683 g/mol. The van der Waals surface area contributed by atoms with Gasteiger partial charge in [0.2, 0.25) is 0 Å². The van der Waals surface area contributed by atoms with E-state index >= 15 is 0 Å². The zero-order chi connectivity index (χ0) is 32.4. The van der Waals surface area contributed by atoms with Crippen molar-refractivity contribution in [3.05, 3.63) is 142 Å². The fraction of sp³-hybridized carbons (Fsp3) is 0.310. The van der Waals surface area contributed by atoms with Crippen molar-refractivity contribution in [3.63, 3.8) is 0 Å². The SMILES string of the molecule is Cc1cc(-c2cncc(CN3CCC(N(Cc4cccc(-c5cc(C)c(C)c(C)c5)c4)c4ccc(F)cc4)CC3)c2)cc(C)c1C.Cl.Cl. The lowest BCUT2D eigenvalue weighted by molar-refractivity contribution is 0.200. The van der Waals surface area contributed by atoms with Crippen LogP contribution in [0.3, 0.4) is 0 Å². The first-order chi connectivity index (χ1) is 22.1. The second-order valence-corrected chi connectivity index (χ2v) is 13.4. The quantitative estimate of drug-likeness (QED) is 0.162. The van der Waals surface area contributed by atoms with E-state index in [0.717, 1.165) is 44.7 Å². The van der Waals surface area contributed by atoms with Gasteiger partial charge in [-0.15, -0.1) is 24.8 Å². The molecule has 3 nitrogen and oxygen atoms in total. The number of nitrogens with zero attached hydrogens (tertiary/aromatic N) is 3. The van der Waals surface area contributed by atoms with E-state index in [0.29, 0.717) is 6.04 Å². The molecule has 0 N–H and O–H groups in total. The molecule has 0 unspecified atom stereocenters. The minimum atomic E-state index is -0.197. The van der Waals surface area contributed by atoms with Crippen LogP contribution in [-0.2, 0) is 13.1 Å². The molecule has 1 aliphatic rings. The van der Waals surface area contributed by atoms with Gasteiger partial charge in [0, 0.05) is 55.9 Å². The van der Waals surface area contributed by atoms with Crippen LogP contribution in [0.1, 0.15) is 57.3 Å². The maximum atomic E-state index is 14.0. The molecule has 1 fully saturated rings. The van der Waals surface area contributed by atoms with Gasteiger partial charge in [0.05, 0.1) is 0 Å². The summed E-state index contributed by atoms with van der Waals surface area (Å²) in [5.74, 6) is -0.197. The molecule has 6 rings (SSSR count). The van der Waals surface area contributed by atoms with Crippen LogP contribution >= 0.6 is 24.8 Å². The molecule has 0 radical (unpaired) electrons. The molecule has 0 aliphatic carbocycles. The summed E-state index contributed by atoms with van der Waals surface area (Å²) in [6, 6.07) is 27.8. The van der Waals surface area contributed by atoms with Gasteiger partial charge in [-0.05, 0) is 152 Å². The van der Waals surface area contributed by atoms with Crippen LogP contribution in [0.25, 0.3) is 22.3 Å². The Balaban J connectivity index is 0.00000260. The van der Waals surface area contributed by atoms with Crippen LogP contribution in [0.4, 0.5) is 10.1 Å². The van der Waals surface area contributed by atoms with Gasteiger partial charge < -0.3 is 4.90 Å². The Hall–Kier alpha value is -3.70. The normalized spacial score (nSPS) is 13.5. The molecule has 1 aliphatic heterocycles. The van der Waals surface area contributed by atoms with Crippen LogP contribution in [0, 0.1) is 47.4 Å². The predicted molar refractivity (Wildman–Crippen MR) is 205 cm³/mol. The lowest BCUT2D eigenvalue weighted by Gasteiger charge is -2.40. The van der Waals surface area contributed by atoms with Gasteiger partial charge in [0.1, 0.15) is 5.82 Å². The van der Waals surface area contributed by atoms with E-state index in [4.69, 9.17) is 0 Å². The highest BCUT2D eigenvalue weighted by Gasteiger charge is 2.26. The topological polar surface area (TPSA) is 19.4 Å². The highest BCUT2D eigenvalue weighted by atomic mass is 35.5. The molecule has 1 saturated heterocycles. The second kappa shape index (κ2) is 16.1. The zero-order valence-corrected chi connectivity index (χ0v) is 30.6. The third kappa shape index (κ3) is 8.47. The van der Waals surface area contributed by atoms with Crippen LogP contribution in [0.5, 0.6) is 0 Å². The molecular formula is C42H48Cl2FN3. The predicted octanol–water partition coefficient (Wildman–Crippen LogP) is 10.9. The smallest absolute Gasteiger partial charge is 0.123 e. The number of piperidine rings is 1. The van der Waals surface area contributed by atoms with Crippen molar-refractivity contribution < 1.29 is 4.39 Å². The fourth-order valence-corrected chi connectivity index (χ4v) is 6.89. The Kier molecular flexibility index (Phi) is 12.5. The van der Waals surface area contributed by atoms with Crippen LogP contribution in [-0.4, -0.2) is 29.0 Å². The molecule has 0 spiro atoms. The Morgan fingerprint density at radius 2 is 1.19 bits per heavy atom. The van der Waals surface area contributed by atoms with Gasteiger partial charge in [-0.3, -0.25) is 9.88 Å². The Bertz CT molecular complexity index is 1800. The van der Waals surface area contributed by atoms with Crippen molar-refractivity contribution in [1.82, 2.24) is 9.88 Å². The molecule has 0 saturated carbocycles. The molecule has 4 aromatic carbocycles. The van der Waals surface area contributed by atoms with Gasteiger partial charge in [-0.2, -0.15) is 0 Å².